The Balaban J connectivity index is 2.98. The van der Waals surface area contributed by atoms with Gasteiger partial charge in [0.15, 0.2) is 0 Å². The van der Waals surface area contributed by atoms with Crippen LogP contribution in [0.15, 0.2) is 16.4 Å². The fraction of sp³-hybridized carbons (Fsp3) is 0.600. The van der Waals surface area contributed by atoms with Gasteiger partial charge in [0.1, 0.15) is 4.21 Å². The molecular weight excluding hydrogens is 290 g/mol. The van der Waals surface area contributed by atoms with Gasteiger partial charge in [0, 0.05) is 4.88 Å². The highest BCUT2D eigenvalue weighted by molar-refractivity contribution is 7.91. The molecule has 1 aromatic rings. The molecule has 3 nitrogen and oxygen atoms in total. The maximum atomic E-state index is 11.7. The van der Waals surface area contributed by atoms with Crippen molar-refractivity contribution in [1.29, 1.82) is 0 Å². The number of sulfonamides is 1. The number of unbranched alkanes of at least 4 members (excludes halogenated alkanes) is 1. The van der Waals surface area contributed by atoms with Gasteiger partial charge in [-0.15, -0.1) is 11.3 Å². The minimum Gasteiger partial charge on any atom is -0.224 e. The number of nitrogens with two attached hydrogens (primary N) is 1. The molecular formula is C15H25NO2S2. The van der Waals surface area contributed by atoms with Crippen molar-refractivity contribution in [2.24, 2.45) is 5.14 Å². The summed E-state index contributed by atoms with van der Waals surface area (Å²) in [7, 11) is -3.60. The van der Waals surface area contributed by atoms with Gasteiger partial charge >= 0.3 is 0 Å². The Bertz CT molecular complexity index is 557. The normalized spacial score (nSPS) is 12.4. The van der Waals surface area contributed by atoms with Crippen molar-refractivity contribution in [2.75, 3.05) is 0 Å². The molecule has 0 saturated carbocycles. The molecule has 0 saturated heterocycles. The summed E-state index contributed by atoms with van der Waals surface area (Å²) < 4.78 is 23.8. The number of allylic oxidation sites excluding steroid dienone is 2. The average molecular weight is 316 g/mol. The molecule has 0 spiro atoms. The van der Waals surface area contributed by atoms with E-state index in [2.05, 4.69) is 26.0 Å². The van der Waals surface area contributed by atoms with Crippen molar-refractivity contribution in [3.8, 4) is 0 Å². The Morgan fingerprint density at radius 2 is 1.85 bits per heavy atom. The van der Waals surface area contributed by atoms with E-state index in [-0.39, 0.29) is 0 Å². The summed E-state index contributed by atoms with van der Waals surface area (Å²) in [5, 5.41) is 5.36. The first-order valence-corrected chi connectivity index (χ1v) is 9.57. The van der Waals surface area contributed by atoms with E-state index in [9.17, 15) is 8.42 Å². The third-order valence-corrected chi connectivity index (χ3v) is 5.93. The largest absolute Gasteiger partial charge is 0.247 e. The van der Waals surface area contributed by atoms with Crippen molar-refractivity contribution in [2.45, 2.75) is 63.5 Å². The van der Waals surface area contributed by atoms with Crippen LogP contribution in [0.5, 0.6) is 0 Å². The van der Waals surface area contributed by atoms with Crippen molar-refractivity contribution in [3.05, 3.63) is 28.2 Å². The van der Waals surface area contributed by atoms with Crippen LogP contribution in [0.3, 0.4) is 0 Å². The van der Waals surface area contributed by atoms with Crippen LogP contribution in [0, 0.1) is 6.92 Å². The molecule has 0 bridgehead atoms. The summed E-state index contributed by atoms with van der Waals surface area (Å²) in [6, 6.07) is 0. The van der Waals surface area contributed by atoms with E-state index in [0.717, 1.165) is 49.0 Å². The molecule has 1 rings (SSSR count). The van der Waals surface area contributed by atoms with Crippen molar-refractivity contribution in [3.63, 3.8) is 0 Å². The molecule has 0 aliphatic rings. The minimum absolute atomic E-state index is 0.373. The van der Waals surface area contributed by atoms with Crippen LogP contribution in [-0.2, 0) is 22.9 Å². The maximum Gasteiger partial charge on any atom is 0.247 e. The first kappa shape index (κ1) is 17.4. The molecule has 20 heavy (non-hydrogen) atoms. The van der Waals surface area contributed by atoms with Crippen LogP contribution in [0.4, 0.5) is 0 Å². The fourth-order valence-corrected chi connectivity index (χ4v) is 4.72. The number of thiophene rings is 1. The quantitative estimate of drug-likeness (QED) is 0.583. The highest BCUT2D eigenvalue weighted by atomic mass is 32.2. The lowest BCUT2D eigenvalue weighted by Gasteiger charge is -2.06. The van der Waals surface area contributed by atoms with Gasteiger partial charge in [-0.2, -0.15) is 0 Å². The van der Waals surface area contributed by atoms with Gasteiger partial charge in [0.05, 0.1) is 0 Å². The smallest absolute Gasteiger partial charge is 0.224 e. The fourth-order valence-electron chi connectivity index (χ4n) is 2.34. The van der Waals surface area contributed by atoms with Gasteiger partial charge in [-0.05, 0) is 50.2 Å². The maximum absolute atomic E-state index is 11.7. The lowest BCUT2D eigenvalue weighted by atomic mass is 10.0. The van der Waals surface area contributed by atoms with E-state index in [1.807, 2.05) is 6.92 Å². The van der Waals surface area contributed by atoms with E-state index in [0.29, 0.717) is 4.21 Å². The molecule has 114 valence electrons. The zero-order chi connectivity index (χ0) is 15.2. The first-order valence-electron chi connectivity index (χ1n) is 7.20. The summed E-state index contributed by atoms with van der Waals surface area (Å²) in [4.78, 5) is 1.09. The first-order chi connectivity index (χ1) is 9.41. The second-order valence-corrected chi connectivity index (χ2v) is 7.95. The van der Waals surface area contributed by atoms with Crippen molar-refractivity contribution < 1.29 is 8.42 Å². The number of hydrogen-bond acceptors (Lipinski definition) is 3. The summed E-state index contributed by atoms with van der Waals surface area (Å²) >= 11 is 1.33. The number of hydrogen-bond donors (Lipinski definition) is 1. The topological polar surface area (TPSA) is 60.2 Å². The Labute approximate surface area is 126 Å². The zero-order valence-electron chi connectivity index (χ0n) is 12.6. The molecule has 1 aromatic heterocycles. The van der Waals surface area contributed by atoms with Crippen molar-refractivity contribution in [1.82, 2.24) is 0 Å². The highest BCUT2D eigenvalue weighted by Crippen LogP contribution is 2.33. The lowest BCUT2D eigenvalue weighted by molar-refractivity contribution is 0.598. The van der Waals surface area contributed by atoms with Crippen LogP contribution in [0.2, 0.25) is 0 Å². The van der Waals surface area contributed by atoms with Crippen LogP contribution in [0.25, 0.3) is 0 Å². The van der Waals surface area contributed by atoms with Gasteiger partial charge in [-0.3, -0.25) is 0 Å². The van der Waals surface area contributed by atoms with Crippen LogP contribution in [0.1, 0.15) is 55.5 Å². The molecule has 0 aliphatic heterocycles. The van der Waals surface area contributed by atoms with E-state index in [4.69, 9.17) is 5.14 Å². The molecule has 0 aromatic carbocycles. The van der Waals surface area contributed by atoms with E-state index in [1.165, 1.54) is 16.9 Å². The Hall–Kier alpha value is -0.650. The third kappa shape index (κ3) is 4.72. The molecule has 0 unspecified atom stereocenters. The molecule has 0 atom stereocenters. The Morgan fingerprint density at radius 3 is 2.40 bits per heavy atom. The van der Waals surface area contributed by atoms with Crippen LogP contribution in [-0.4, -0.2) is 8.42 Å². The van der Waals surface area contributed by atoms with Gasteiger partial charge in [0.25, 0.3) is 0 Å². The second-order valence-electron chi connectivity index (χ2n) is 4.97. The predicted molar refractivity (Wildman–Crippen MR) is 86.8 cm³/mol. The highest BCUT2D eigenvalue weighted by Gasteiger charge is 2.21. The zero-order valence-corrected chi connectivity index (χ0v) is 14.2. The summed E-state index contributed by atoms with van der Waals surface area (Å²) in [6.45, 7) is 6.21. The lowest BCUT2D eigenvalue weighted by Crippen LogP contribution is -2.13. The van der Waals surface area contributed by atoms with Gasteiger partial charge in [-0.25, -0.2) is 13.6 Å². The summed E-state index contributed by atoms with van der Waals surface area (Å²) in [6.07, 6.45) is 10.0. The molecule has 2 N–H and O–H groups in total. The number of aryl methyl sites for hydroxylation is 1. The monoisotopic (exact) mass is 315 g/mol. The second kappa shape index (κ2) is 7.96. The predicted octanol–water partition coefficient (Wildman–Crippen LogP) is 3.95. The van der Waals surface area contributed by atoms with E-state index >= 15 is 0 Å². The van der Waals surface area contributed by atoms with Gasteiger partial charge < -0.3 is 0 Å². The summed E-state index contributed by atoms with van der Waals surface area (Å²) in [5.74, 6) is 0. The average Bonchev–Trinajstić information content (AvgIpc) is 2.67. The molecule has 5 heteroatoms. The van der Waals surface area contributed by atoms with E-state index in [1.54, 1.807) is 0 Å². The van der Waals surface area contributed by atoms with Crippen molar-refractivity contribution >= 4 is 21.4 Å². The standard InChI is InChI=1S/C15H25NO2S2/c1-4-6-7-8-9-11-14-13(10-5-2)12(3)19-15(14)20(16,17)18/h6-7H,4-5,8-11H2,1-3H3,(H2,16,17,18). The Kier molecular flexibility index (Phi) is 6.92. The third-order valence-electron chi connectivity index (χ3n) is 3.24. The van der Waals surface area contributed by atoms with Gasteiger partial charge in [-0.1, -0.05) is 32.4 Å². The molecule has 1 heterocycles. The van der Waals surface area contributed by atoms with Gasteiger partial charge in [0.2, 0.25) is 10.0 Å². The summed E-state index contributed by atoms with van der Waals surface area (Å²) in [5.41, 5.74) is 2.16. The van der Waals surface area contributed by atoms with Crippen LogP contribution < -0.4 is 5.14 Å². The SMILES string of the molecule is CCC=CCCCc1c(S(N)(=O)=O)sc(C)c1CCC. The number of primary sulfonamides is 1. The van der Waals surface area contributed by atoms with Crippen LogP contribution >= 0.6 is 11.3 Å². The number of rotatable bonds is 8. The molecule has 0 radical (unpaired) electrons. The molecule has 0 amide bonds. The molecule has 0 aliphatic carbocycles. The van der Waals surface area contributed by atoms with E-state index < -0.39 is 10.0 Å². The molecule has 0 fully saturated rings. The minimum atomic E-state index is -3.60. The Morgan fingerprint density at radius 1 is 1.15 bits per heavy atom.